The summed E-state index contributed by atoms with van der Waals surface area (Å²) in [4.78, 5) is 59.5. The van der Waals surface area contributed by atoms with Crippen LogP contribution in [0.1, 0.15) is 47.5 Å². The van der Waals surface area contributed by atoms with Gasteiger partial charge in [0.25, 0.3) is 0 Å². The van der Waals surface area contributed by atoms with Gasteiger partial charge in [-0.1, -0.05) is 34.1 Å². The van der Waals surface area contributed by atoms with Crippen LogP contribution in [0.4, 0.5) is 0 Å². The standard InChI is InChI=1S/C19H34N5O6/c1-6-10(4)16(24-17(28)12(20)7-14(21)27)19(30)23-15(9(2)3)18(29)22-13(8-25)11(5)26/h9-13,15-16,26H,6-7,20H2,1-5H3,(H2,21,27)(H,22,29)(H,23,30)(H,24,28)/t10-,11+,12-,13+,15-,16-/m0/s1. The fourth-order valence-electron chi connectivity index (χ4n) is 2.54. The molecular weight excluding hydrogens is 394 g/mol. The van der Waals surface area contributed by atoms with Crippen molar-refractivity contribution in [2.24, 2.45) is 23.3 Å². The van der Waals surface area contributed by atoms with Crippen LogP contribution in [0.25, 0.3) is 0 Å². The molecule has 0 aliphatic heterocycles. The molecule has 6 atom stereocenters. The zero-order valence-corrected chi connectivity index (χ0v) is 18.1. The number of nitrogens with two attached hydrogens (primary N) is 2. The predicted octanol–water partition coefficient (Wildman–Crippen LogP) is -2.16. The van der Waals surface area contributed by atoms with Crippen molar-refractivity contribution in [2.75, 3.05) is 0 Å². The van der Waals surface area contributed by atoms with Crippen LogP contribution in [-0.2, 0) is 24.0 Å². The number of carbonyl (C=O) groups is 4. The Labute approximate surface area is 176 Å². The van der Waals surface area contributed by atoms with Crippen LogP contribution < -0.4 is 27.4 Å². The van der Waals surface area contributed by atoms with Gasteiger partial charge in [-0.2, -0.15) is 0 Å². The van der Waals surface area contributed by atoms with Gasteiger partial charge >= 0.3 is 0 Å². The molecule has 30 heavy (non-hydrogen) atoms. The normalized spacial score (nSPS) is 17.1. The molecule has 8 N–H and O–H groups in total. The summed E-state index contributed by atoms with van der Waals surface area (Å²) in [5, 5.41) is 16.9. The number of amides is 4. The third-order valence-electron chi connectivity index (χ3n) is 4.71. The first kappa shape index (κ1) is 27.5. The van der Waals surface area contributed by atoms with Gasteiger partial charge in [0, 0.05) is 0 Å². The van der Waals surface area contributed by atoms with Crippen LogP contribution in [0.5, 0.6) is 0 Å². The van der Waals surface area contributed by atoms with Gasteiger partial charge in [0.15, 0.2) is 0 Å². The van der Waals surface area contributed by atoms with E-state index in [4.69, 9.17) is 11.5 Å². The Morgan fingerprint density at radius 2 is 1.43 bits per heavy atom. The average Bonchev–Trinajstić information content (AvgIpc) is 2.65. The van der Waals surface area contributed by atoms with Crippen molar-refractivity contribution in [1.82, 2.24) is 16.0 Å². The van der Waals surface area contributed by atoms with Crippen molar-refractivity contribution in [1.29, 1.82) is 0 Å². The Bertz CT molecular complexity index is 625. The number of primary amides is 1. The highest BCUT2D eigenvalue weighted by atomic mass is 16.3. The Morgan fingerprint density at radius 3 is 1.83 bits per heavy atom. The maximum absolute atomic E-state index is 12.9. The van der Waals surface area contributed by atoms with Crippen LogP contribution in [0, 0.1) is 11.8 Å². The molecule has 0 aromatic rings. The predicted molar refractivity (Wildman–Crippen MR) is 109 cm³/mol. The lowest BCUT2D eigenvalue weighted by Crippen LogP contribution is -2.60. The minimum absolute atomic E-state index is 0.306. The summed E-state index contributed by atoms with van der Waals surface area (Å²) in [5.41, 5.74) is 10.7. The molecule has 1 radical (unpaired) electrons. The first-order chi connectivity index (χ1) is 13.8. The highest BCUT2D eigenvalue weighted by Gasteiger charge is 2.33. The molecule has 0 saturated carbocycles. The Hall–Kier alpha value is -2.53. The molecule has 0 aromatic carbocycles. The summed E-state index contributed by atoms with van der Waals surface area (Å²) in [6, 6.07) is -4.50. The van der Waals surface area contributed by atoms with Gasteiger partial charge in [-0.25, -0.2) is 0 Å². The number of rotatable bonds is 13. The lowest BCUT2D eigenvalue weighted by atomic mass is 9.96. The molecule has 0 fully saturated rings. The van der Waals surface area contributed by atoms with Crippen LogP contribution in [0.15, 0.2) is 0 Å². The number of carbonyl (C=O) groups excluding carboxylic acids is 5. The van der Waals surface area contributed by atoms with Gasteiger partial charge in [-0.05, 0) is 18.8 Å². The van der Waals surface area contributed by atoms with Gasteiger partial charge in [-0.15, -0.1) is 0 Å². The number of hydrogen-bond acceptors (Lipinski definition) is 7. The lowest BCUT2D eigenvalue weighted by molar-refractivity contribution is -0.134. The maximum Gasteiger partial charge on any atom is 0.243 e. The van der Waals surface area contributed by atoms with Crippen molar-refractivity contribution in [3.8, 4) is 0 Å². The van der Waals surface area contributed by atoms with Crippen LogP contribution in [0.3, 0.4) is 0 Å². The molecule has 0 aromatic heterocycles. The van der Waals surface area contributed by atoms with E-state index in [1.54, 1.807) is 20.8 Å². The van der Waals surface area contributed by atoms with Gasteiger partial charge in [0.2, 0.25) is 29.9 Å². The molecular formula is C19H34N5O6. The molecule has 0 bridgehead atoms. The summed E-state index contributed by atoms with van der Waals surface area (Å²) < 4.78 is 0. The van der Waals surface area contributed by atoms with Gasteiger partial charge in [0.05, 0.1) is 18.6 Å². The molecule has 0 aliphatic rings. The minimum Gasteiger partial charge on any atom is -0.391 e. The molecule has 4 amide bonds. The average molecular weight is 429 g/mol. The molecule has 0 aliphatic carbocycles. The lowest BCUT2D eigenvalue weighted by Gasteiger charge is -2.29. The maximum atomic E-state index is 12.9. The first-order valence-corrected chi connectivity index (χ1v) is 9.86. The van der Waals surface area contributed by atoms with E-state index in [0.717, 1.165) is 0 Å². The van der Waals surface area contributed by atoms with E-state index >= 15 is 0 Å². The zero-order chi connectivity index (χ0) is 23.6. The van der Waals surface area contributed by atoms with E-state index in [2.05, 4.69) is 16.0 Å². The van der Waals surface area contributed by atoms with E-state index in [1.807, 2.05) is 6.92 Å². The number of hydrogen-bond donors (Lipinski definition) is 6. The van der Waals surface area contributed by atoms with Crippen LogP contribution in [0.2, 0.25) is 0 Å². The highest BCUT2D eigenvalue weighted by Crippen LogP contribution is 2.11. The highest BCUT2D eigenvalue weighted by molar-refractivity contribution is 5.94. The molecule has 11 heteroatoms. The van der Waals surface area contributed by atoms with Crippen molar-refractivity contribution in [3.05, 3.63) is 0 Å². The van der Waals surface area contributed by atoms with Gasteiger partial charge in [-0.3, -0.25) is 24.0 Å². The third kappa shape index (κ3) is 8.87. The van der Waals surface area contributed by atoms with E-state index < -0.39 is 53.9 Å². The quantitative estimate of drug-likeness (QED) is 0.192. The Kier molecular flexibility index (Phi) is 11.8. The fraction of sp³-hybridized carbons (Fsp3) is 0.737. The number of aliphatic hydroxyl groups excluding tert-OH is 1. The zero-order valence-electron chi connectivity index (χ0n) is 18.1. The van der Waals surface area contributed by atoms with Crippen molar-refractivity contribution >= 4 is 29.9 Å². The summed E-state index contributed by atoms with van der Waals surface area (Å²) in [5.74, 6) is -3.43. The summed E-state index contributed by atoms with van der Waals surface area (Å²) in [6.45, 7) is 8.25. The van der Waals surface area contributed by atoms with Crippen molar-refractivity contribution < 1.29 is 29.1 Å². The second-order valence-corrected chi connectivity index (χ2v) is 7.72. The van der Waals surface area contributed by atoms with Crippen molar-refractivity contribution in [3.63, 3.8) is 0 Å². The van der Waals surface area contributed by atoms with Gasteiger partial charge < -0.3 is 32.5 Å². The van der Waals surface area contributed by atoms with E-state index in [-0.39, 0.29) is 18.3 Å². The first-order valence-electron chi connectivity index (χ1n) is 9.86. The molecule has 0 rings (SSSR count). The smallest absolute Gasteiger partial charge is 0.243 e. The summed E-state index contributed by atoms with van der Waals surface area (Å²) in [6.07, 6.45) is 0.532. The molecule has 11 nitrogen and oxygen atoms in total. The largest absolute Gasteiger partial charge is 0.391 e. The molecule has 0 unspecified atom stereocenters. The SMILES string of the molecule is CC[C@H](C)[C@H](NC(=O)[C@@H](N)CC(N)=O)C(=O)N[C@H](C(=O)N[C@H]([C]=O)[C@@H](C)O)C(C)C. The third-order valence-corrected chi connectivity index (χ3v) is 4.71. The van der Waals surface area contributed by atoms with Crippen LogP contribution in [-0.4, -0.2) is 65.3 Å². The Balaban J connectivity index is 5.41. The summed E-state index contributed by atoms with van der Waals surface area (Å²) in [7, 11) is 0. The monoisotopic (exact) mass is 428 g/mol. The molecule has 171 valence electrons. The Morgan fingerprint density at radius 1 is 0.933 bits per heavy atom. The topological polar surface area (TPSA) is 194 Å². The second kappa shape index (κ2) is 12.9. The van der Waals surface area contributed by atoms with E-state index in [1.165, 1.54) is 13.2 Å². The second-order valence-electron chi connectivity index (χ2n) is 7.72. The van der Waals surface area contributed by atoms with Crippen molar-refractivity contribution in [2.45, 2.75) is 77.7 Å². The number of aliphatic hydroxyl groups is 1. The number of nitrogens with one attached hydrogen (secondary N) is 3. The fourth-order valence-corrected chi connectivity index (χ4v) is 2.54. The van der Waals surface area contributed by atoms with Gasteiger partial charge in [0.1, 0.15) is 18.1 Å². The summed E-state index contributed by atoms with van der Waals surface area (Å²) >= 11 is 0. The molecule has 0 saturated heterocycles. The molecule has 0 heterocycles. The molecule has 0 spiro atoms. The van der Waals surface area contributed by atoms with E-state index in [9.17, 15) is 29.1 Å². The van der Waals surface area contributed by atoms with Crippen LogP contribution >= 0.6 is 0 Å². The minimum atomic E-state index is -1.24. The van der Waals surface area contributed by atoms with E-state index in [0.29, 0.717) is 6.42 Å².